The fourth-order valence-electron chi connectivity index (χ4n) is 3.10. The Morgan fingerprint density at radius 3 is 2.67 bits per heavy atom. The molecule has 0 saturated heterocycles. The zero-order chi connectivity index (χ0) is 13.0. The van der Waals surface area contributed by atoms with Gasteiger partial charge in [0.15, 0.2) is 0 Å². The van der Waals surface area contributed by atoms with Crippen LogP contribution in [0.2, 0.25) is 0 Å². The van der Waals surface area contributed by atoms with E-state index in [4.69, 9.17) is 0 Å². The molecule has 0 bridgehead atoms. The van der Waals surface area contributed by atoms with Crippen LogP contribution in [0.3, 0.4) is 0 Å². The van der Waals surface area contributed by atoms with E-state index in [-0.39, 0.29) is 0 Å². The van der Waals surface area contributed by atoms with Gasteiger partial charge in [-0.05, 0) is 39.0 Å². The molecule has 1 aliphatic carbocycles. The van der Waals surface area contributed by atoms with Crippen LogP contribution >= 0.6 is 0 Å². The van der Waals surface area contributed by atoms with Gasteiger partial charge in [0.2, 0.25) is 5.95 Å². The van der Waals surface area contributed by atoms with E-state index in [0.717, 1.165) is 11.9 Å². The molecule has 0 radical (unpaired) electrons. The van der Waals surface area contributed by atoms with Crippen molar-refractivity contribution in [2.75, 3.05) is 5.32 Å². The first-order chi connectivity index (χ1) is 8.72. The molecule has 1 unspecified atom stereocenters. The van der Waals surface area contributed by atoms with E-state index >= 15 is 0 Å². The van der Waals surface area contributed by atoms with Crippen molar-refractivity contribution in [3.05, 3.63) is 12.4 Å². The van der Waals surface area contributed by atoms with Crippen LogP contribution in [-0.4, -0.2) is 15.6 Å². The van der Waals surface area contributed by atoms with E-state index in [2.05, 4.69) is 41.8 Å². The molecule has 1 saturated carbocycles. The van der Waals surface area contributed by atoms with Crippen molar-refractivity contribution in [1.82, 2.24) is 9.55 Å². The molecule has 102 valence electrons. The minimum atomic E-state index is 0.471. The van der Waals surface area contributed by atoms with Crippen molar-refractivity contribution < 1.29 is 0 Å². The molecule has 1 aliphatic rings. The summed E-state index contributed by atoms with van der Waals surface area (Å²) >= 11 is 0. The third kappa shape index (κ3) is 3.06. The van der Waals surface area contributed by atoms with Gasteiger partial charge in [0.25, 0.3) is 0 Å². The second-order valence-corrected chi connectivity index (χ2v) is 5.81. The Morgan fingerprint density at radius 1 is 1.33 bits per heavy atom. The minimum absolute atomic E-state index is 0.471. The standard InChI is InChI=1S/C15H27N3/c1-4-14(13-8-6-5-7-9-13)17-15-16-10-11-18(15)12(2)3/h10-14H,4-9H2,1-3H3,(H,16,17). The van der Waals surface area contributed by atoms with E-state index in [1.54, 1.807) is 0 Å². The van der Waals surface area contributed by atoms with Gasteiger partial charge in [-0.3, -0.25) is 0 Å². The molecule has 1 aromatic heterocycles. The van der Waals surface area contributed by atoms with E-state index < -0.39 is 0 Å². The molecule has 0 aromatic carbocycles. The quantitative estimate of drug-likeness (QED) is 0.846. The molecular weight excluding hydrogens is 222 g/mol. The minimum Gasteiger partial charge on any atom is -0.353 e. The third-order valence-electron chi connectivity index (χ3n) is 4.20. The van der Waals surface area contributed by atoms with Crippen LogP contribution in [0, 0.1) is 5.92 Å². The highest BCUT2D eigenvalue weighted by Crippen LogP contribution is 2.29. The predicted octanol–water partition coefficient (Wildman–Crippen LogP) is 4.23. The summed E-state index contributed by atoms with van der Waals surface area (Å²) in [6.07, 6.45) is 12.2. The largest absolute Gasteiger partial charge is 0.353 e. The van der Waals surface area contributed by atoms with Gasteiger partial charge in [-0.2, -0.15) is 0 Å². The zero-order valence-corrected chi connectivity index (χ0v) is 12.0. The topological polar surface area (TPSA) is 29.9 Å². The lowest BCUT2D eigenvalue weighted by molar-refractivity contribution is 0.311. The summed E-state index contributed by atoms with van der Waals surface area (Å²) < 4.78 is 2.23. The number of anilines is 1. The summed E-state index contributed by atoms with van der Waals surface area (Å²) in [5, 5.41) is 3.68. The average molecular weight is 249 g/mol. The Bertz CT molecular complexity index is 350. The highest BCUT2D eigenvalue weighted by molar-refractivity contribution is 5.28. The molecular formula is C15H27N3. The summed E-state index contributed by atoms with van der Waals surface area (Å²) in [6, 6.07) is 1.06. The summed E-state index contributed by atoms with van der Waals surface area (Å²) in [7, 11) is 0. The van der Waals surface area contributed by atoms with Gasteiger partial charge in [0, 0.05) is 24.5 Å². The van der Waals surface area contributed by atoms with E-state index in [1.165, 1.54) is 38.5 Å². The Kier molecular flexibility index (Phi) is 4.67. The average Bonchev–Trinajstić information content (AvgIpc) is 2.85. The van der Waals surface area contributed by atoms with Crippen molar-refractivity contribution in [2.45, 2.75) is 71.4 Å². The molecule has 0 aliphatic heterocycles. The second-order valence-electron chi connectivity index (χ2n) is 5.81. The normalized spacial score (nSPS) is 19.1. The smallest absolute Gasteiger partial charge is 0.203 e. The lowest BCUT2D eigenvalue weighted by Gasteiger charge is -2.31. The van der Waals surface area contributed by atoms with E-state index in [9.17, 15) is 0 Å². The molecule has 1 heterocycles. The lowest BCUT2D eigenvalue weighted by Crippen LogP contribution is -2.31. The highest BCUT2D eigenvalue weighted by Gasteiger charge is 2.23. The van der Waals surface area contributed by atoms with Gasteiger partial charge in [0.1, 0.15) is 0 Å². The molecule has 1 fully saturated rings. The second kappa shape index (κ2) is 6.26. The number of nitrogens with zero attached hydrogens (tertiary/aromatic N) is 2. The van der Waals surface area contributed by atoms with Crippen molar-refractivity contribution in [1.29, 1.82) is 0 Å². The number of hydrogen-bond acceptors (Lipinski definition) is 2. The first-order valence-electron chi connectivity index (χ1n) is 7.51. The number of nitrogens with one attached hydrogen (secondary N) is 1. The van der Waals surface area contributed by atoms with Crippen molar-refractivity contribution in [3.63, 3.8) is 0 Å². The maximum atomic E-state index is 4.47. The van der Waals surface area contributed by atoms with Gasteiger partial charge < -0.3 is 9.88 Å². The SMILES string of the molecule is CCC(Nc1nccn1C(C)C)C1CCCCC1. The molecule has 3 heteroatoms. The van der Waals surface area contributed by atoms with Gasteiger partial charge in [-0.25, -0.2) is 4.98 Å². The van der Waals surface area contributed by atoms with Crippen LogP contribution in [0.4, 0.5) is 5.95 Å². The third-order valence-corrected chi connectivity index (χ3v) is 4.20. The molecule has 1 atom stereocenters. The molecule has 0 spiro atoms. The van der Waals surface area contributed by atoms with Crippen LogP contribution in [-0.2, 0) is 0 Å². The van der Waals surface area contributed by atoms with Crippen molar-refractivity contribution >= 4 is 5.95 Å². The zero-order valence-electron chi connectivity index (χ0n) is 12.0. The Labute approximate surface area is 111 Å². The first-order valence-corrected chi connectivity index (χ1v) is 7.51. The number of imidazole rings is 1. The van der Waals surface area contributed by atoms with Crippen LogP contribution in [0.15, 0.2) is 12.4 Å². The fraction of sp³-hybridized carbons (Fsp3) is 0.800. The lowest BCUT2D eigenvalue weighted by atomic mass is 9.83. The first kappa shape index (κ1) is 13.4. The fourth-order valence-corrected chi connectivity index (χ4v) is 3.10. The number of hydrogen-bond donors (Lipinski definition) is 1. The highest BCUT2D eigenvalue weighted by atomic mass is 15.2. The van der Waals surface area contributed by atoms with Crippen LogP contribution < -0.4 is 5.32 Å². The maximum Gasteiger partial charge on any atom is 0.203 e. The molecule has 3 nitrogen and oxygen atoms in total. The summed E-state index contributed by atoms with van der Waals surface area (Å²) in [5.41, 5.74) is 0. The van der Waals surface area contributed by atoms with Crippen molar-refractivity contribution in [2.24, 2.45) is 5.92 Å². The predicted molar refractivity (Wildman–Crippen MR) is 76.9 cm³/mol. The van der Waals surface area contributed by atoms with Crippen LogP contribution in [0.5, 0.6) is 0 Å². The monoisotopic (exact) mass is 249 g/mol. The van der Waals surface area contributed by atoms with Crippen molar-refractivity contribution in [3.8, 4) is 0 Å². The summed E-state index contributed by atoms with van der Waals surface area (Å²) in [5.74, 6) is 1.88. The van der Waals surface area contributed by atoms with Gasteiger partial charge >= 0.3 is 0 Å². The summed E-state index contributed by atoms with van der Waals surface area (Å²) in [6.45, 7) is 6.69. The van der Waals surface area contributed by atoms with E-state index in [0.29, 0.717) is 12.1 Å². The number of aromatic nitrogens is 2. The molecule has 2 rings (SSSR count). The van der Waals surface area contributed by atoms with Crippen LogP contribution in [0.1, 0.15) is 65.3 Å². The summed E-state index contributed by atoms with van der Waals surface area (Å²) in [4.78, 5) is 4.47. The van der Waals surface area contributed by atoms with Gasteiger partial charge in [-0.15, -0.1) is 0 Å². The van der Waals surface area contributed by atoms with Gasteiger partial charge in [-0.1, -0.05) is 26.2 Å². The van der Waals surface area contributed by atoms with E-state index in [1.807, 2.05) is 6.20 Å². The molecule has 0 amide bonds. The maximum absolute atomic E-state index is 4.47. The molecule has 1 N–H and O–H groups in total. The van der Waals surface area contributed by atoms with Gasteiger partial charge in [0.05, 0.1) is 0 Å². The molecule has 1 aromatic rings. The Hall–Kier alpha value is -0.990. The molecule has 18 heavy (non-hydrogen) atoms. The number of rotatable bonds is 5. The Morgan fingerprint density at radius 2 is 2.06 bits per heavy atom. The Balaban J connectivity index is 2.02. The van der Waals surface area contributed by atoms with Crippen LogP contribution in [0.25, 0.3) is 0 Å².